The van der Waals surface area contributed by atoms with E-state index in [-0.39, 0.29) is 5.01 Å². The van der Waals surface area contributed by atoms with Crippen LogP contribution in [-0.2, 0) is 4.74 Å². The quantitative estimate of drug-likeness (QED) is 0.551. The van der Waals surface area contributed by atoms with Crippen molar-refractivity contribution in [3.8, 4) is 0 Å². The number of ether oxygens (including phenoxy) is 1. The molecule has 1 aromatic rings. The van der Waals surface area contributed by atoms with Crippen LogP contribution in [0.2, 0.25) is 0 Å². The first kappa shape index (κ1) is 9.47. The number of thioether (sulfide) groups is 1. The van der Waals surface area contributed by atoms with Crippen LogP contribution in [0, 0.1) is 6.26 Å². The maximum absolute atomic E-state index is 11.0. The molecule has 12 heavy (non-hydrogen) atoms. The van der Waals surface area contributed by atoms with Gasteiger partial charge in [0.15, 0.2) is 4.34 Å². The van der Waals surface area contributed by atoms with Crippen molar-refractivity contribution in [2.45, 2.75) is 11.3 Å². The van der Waals surface area contributed by atoms with Crippen molar-refractivity contribution in [1.29, 1.82) is 0 Å². The van der Waals surface area contributed by atoms with Crippen molar-refractivity contribution in [2.24, 2.45) is 0 Å². The van der Waals surface area contributed by atoms with Crippen LogP contribution in [0.15, 0.2) is 4.34 Å². The standard InChI is InChI=1S/C6H7N2O2S2/c1-3-10-5(9)4-7-8-6(11-2)12-4/h2-3H2,1H3. The van der Waals surface area contributed by atoms with E-state index < -0.39 is 5.97 Å². The molecule has 0 aromatic carbocycles. The van der Waals surface area contributed by atoms with Crippen LogP contribution in [0.5, 0.6) is 0 Å². The first-order chi connectivity index (χ1) is 5.77. The van der Waals surface area contributed by atoms with Crippen molar-refractivity contribution in [2.75, 3.05) is 6.61 Å². The molecule has 0 bridgehead atoms. The van der Waals surface area contributed by atoms with Gasteiger partial charge in [-0.25, -0.2) is 4.79 Å². The van der Waals surface area contributed by atoms with Crippen molar-refractivity contribution in [1.82, 2.24) is 10.2 Å². The van der Waals surface area contributed by atoms with E-state index in [9.17, 15) is 4.79 Å². The molecule has 0 N–H and O–H groups in total. The van der Waals surface area contributed by atoms with Gasteiger partial charge >= 0.3 is 5.97 Å². The van der Waals surface area contributed by atoms with Gasteiger partial charge in [0.25, 0.3) is 0 Å². The van der Waals surface area contributed by atoms with Gasteiger partial charge < -0.3 is 4.74 Å². The van der Waals surface area contributed by atoms with E-state index in [4.69, 9.17) is 4.74 Å². The smallest absolute Gasteiger partial charge is 0.369 e. The van der Waals surface area contributed by atoms with Crippen molar-refractivity contribution >= 4 is 29.1 Å². The number of rotatable bonds is 3. The second kappa shape index (κ2) is 4.42. The fraction of sp³-hybridized carbons (Fsp3) is 0.333. The molecule has 0 amide bonds. The summed E-state index contributed by atoms with van der Waals surface area (Å²) in [6.45, 7) is 2.10. The summed E-state index contributed by atoms with van der Waals surface area (Å²) in [5.74, 6) is -0.421. The molecule has 0 saturated carbocycles. The number of nitrogens with zero attached hydrogens (tertiary/aromatic N) is 2. The predicted octanol–water partition coefficient (Wildman–Crippen LogP) is 1.60. The van der Waals surface area contributed by atoms with Crippen LogP contribution >= 0.6 is 23.1 Å². The van der Waals surface area contributed by atoms with E-state index in [1.807, 2.05) is 0 Å². The molecule has 65 valence electrons. The maximum atomic E-state index is 11.0. The highest BCUT2D eigenvalue weighted by atomic mass is 32.2. The maximum Gasteiger partial charge on any atom is 0.369 e. The van der Waals surface area contributed by atoms with E-state index in [0.717, 1.165) is 0 Å². The number of esters is 1. The molecule has 0 saturated heterocycles. The molecule has 0 aliphatic heterocycles. The summed E-state index contributed by atoms with van der Waals surface area (Å²) in [4.78, 5) is 11.0. The number of carbonyl (C=O) groups excluding carboxylic acids is 1. The largest absolute Gasteiger partial charge is 0.461 e. The lowest BCUT2D eigenvalue weighted by atomic mass is 10.7. The zero-order valence-electron chi connectivity index (χ0n) is 6.44. The highest BCUT2D eigenvalue weighted by molar-refractivity contribution is 8.02. The Morgan fingerprint density at radius 2 is 2.50 bits per heavy atom. The molecule has 0 fully saturated rings. The van der Waals surface area contributed by atoms with Crippen LogP contribution in [0.25, 0.3) is 0 Å². The molecular formula is C6H7N2O2S2. The lowest BCUT2D eigenvalue weighted by Gasteiger charge is -1.93. The molecule has 4 nitrogen and oxygen atoms in total. The monoisotopic (exact) mass is 203 g/mol. The van der Waals surface area contributed by atoms with Gasteiger partial charge in [0, 0.05) is 6.26 Å². The fourth-order valence-electron chi connectivity index (χ4n) is 0.543. The molecule has 0 atom stereocenters. The fourth-order valence-corrected chi connectivity index (χ4v) is 1.59. The van der Waals surface area contributed by atoms with Gasteiger partial charge in [-0.1, -0.05) is 23.1 Å². The first-order valence-corrected chi connectivity index (χ1v) is 5.00. The van der Waals surface area contributed by atoms with E-state index in [2.05, 4.69) is 16.5 Å². The van der Waals surface area contributed by atoms with Crippen LogP contribution < -0.4 is 0 Å². The molecule has 1 rings (SSSR count). The van der Waals surface area contributed by atoms with E-state index in [1.54, 1.807) is 6.92 Å². The summed E-state index contributed by atoms with van der Waals surface area (Å²) in [5.41, 5.74) is 0. The predicted molar refractivity (Wildman–Crippen MR) is 47.1 cm³/mol. The molecule has 0 unspecified atom stereocenters. The van der Waals surface area contributed by atoms with Gasteiger partial charge in [0.2, 0.25) is 5.01 Å². The highest BCUT2D eigenvalue weighted by Gasteiger charge is 2.12. The topological polar surface area (TPSA) is 52.1 Å². The number of hydrogen-bond donors (Lipinski definition) is 0. The number of hydrogen-bond acceptors (Lipinski definition) is 6. The highest BCUT2D eigenvalue weighted by Crippen LogP contribution is 2.20. The van der Waals surface area contributed by atoms with Gasteiger partial charge in [-0.15, -0.1) is 10.2 Å². The third kappa shape index (κ3) is 2.18. The Hall–Kier alpha value is -0.620. The third-order valence-corrected chi connectivity index (χ3v) is 2.61. The molecule has 1 radical (unpaired) electrons. The zero-order chi connectivity index (χ0) is 8.97. The van der Waals surface area contributed by atoms with Gasteiger partial charge in [-0.3, -0.25) is 0 Å². The van der Waals surface area contributed by atoms with Crippen molar-refractivity contribution in [3.63, 3.8) is 0 Å². The van der Waals surface area contributed by atoms with Gasteiger partial charge in [-0.2, -0.15) is 0 Å². The Balaban J connectivity index is 2.68. The van der Waals surface area contributed by atoms with Crippen LogP contribution in [0.3, 0.4) is 0 Å². The second-order valence-corrected chi connectivity index (χ2v) is 3.65. The average molecular weight is 203 g/mol. The van der Waals surface area contributed by atoms with E-state index in [1.165, 1.54) is 23.1 Å². The van der Waals surface area contributed by atoms with Gasteiger partial charge in [0.05, 0.1) is 6.61 Å². The zero-order valence-corrected chi connectivity index (χ0v) is 8.07. The van der Waals surface area contributed by atoms with E-state index >= 15 is 0 Å². The normalized spacial score (nSPS) is 9.83. The Morgan fingerprint density at radius 3 is 3.00 bits per heavy atom. The van der Waals surface area contributed by atoms with Crippen LogP contribution in [-0.4, -0.2) is 22.8 Å². The minimum absolute atomic E-state index is 0.281. The Kier molecular flexibility index (Phi) is 3.48. The van der Waals surface area contributed by atoms with Crippen LogP contribution in [0.1, 0.15) is 16.7 Å². The lowest BCUT2D eigenvalue weighted by molar-refractivity contribution is 0.0525. The minimum atomic E-state index is -0.421. The summed E-state index contributed by atoms with van der Waals surface area (Å²) < 4.78 is 5.39. The SMILES string of the molecule is [CH2]Sc1nnc(C(=O)OCC)s1. The number of carbonyl (C=O) groups is 1. The second-order valence-electron chi connectivity index (χ2n) is 1.74. The summed E-state index contributed by atoms with van der Waals surface area (Å²) >= 11 is 2.40. The first-order valence-electron chi connectivity index (χ1n) is 3.20. The summed E-state index contributed by atoms with van der Waals surface area (Å²) in [6, 6.07) is 0. The molecule has 1 aromatic heterocycles. The minimum Gasteiger partial charge on any atom is -0.461 e. The number of aromatic nitrogens is 2. The van der Waals surface area contributed by atoms with E-state index in [0.29, 0.717) is 10.9 Å². The Bertz CT molecular complexity index is 274. The molecule has 6 heteroatoms. The van der Waals surface area contributed by atoms with Crippen molar-refractivity contribution in [3.05, 3.63) is 11.3 Å². The van der Waals surface area contributed by atoms with Gasteiger partial charge in [-0.05, 0) is 6.92 Å². The Labute approximate surface area is 78.3 Å². The third-order valence-electron chi connectivity index (χ3n) is 0.980. The average Bonchev–Trinajstić information content (AvgIpc) is 2.52. The lowest BCUT2D eigenvalue weighted by Crippen LogP contribution is -2.03. The van der Waals surface area contributed by atoms with Crippen molar-refractivity contribution < 1.29 is 9.53 Å². The molecule has 0 aliphatic carbocycles. The summed E-state index contributed by atoms with van der Waals surface area (Å²) in [7, 11) is 0. The molecular weight excluding hydrogens is 196 g/mol. The summed E-state index contributed by atoms with van der Waals surface area (Å²) in [5, 5.41) is 7.63. The molecule has 0 spiro atoms. The van der Waals surface area contributed by atoms with Gasteiger partial charge in [0.1, 0.15) is 0 Å². The molecule has 1 heterocycles. The molecule has 0 aliphatic rings. The van der Waals surface area contributed by atoms with Crippen LogP contribution in [0.4, 0.5) is 0 Å². The summed E-state index contributed by atoms with van der Waals surface area (Å²) in [6.07, 6.45) is 3.55. The Morgan fingerprint density at radius 1 is 1.75 bits per heavy atom.